The fraction of sp³-hybridized carbons (Fsp3) is 0.630. The standard InChI is InChI=1S/C27H37N5O5/c1-18(2)14-31(26(34)24-28-22-5-3-4-6-23(22)32(24)15-19-7-8-19)21-13-20(16-30(17-21)27(35)36)25(33)29-9-11-37-12-10-29/h3-6,18-21H,7-17H2,1-2H3,(H,35,36)/t20-,21+/m1/s1. The van der Waals surface area contributed by atoms with E-state index < -0.39 is 18.1 Å². The number of hydrogen-bond acceptors (Lipinski definition) is 5. The van der Waals surface area contributed by atoms with Gasteiger partial charge in [-0.15, -0.1) is 0 Å². The first-order valence-corrected chi connectivity index (χ1v) is 13.4. The summed E-state index contributed by atoms with van der Waals surface area (Å²) < 4.78 is 7.43. The number of morpholine rings is 1. The van der Waals surface area contributed by atoms with Crippen LogP contribution in [0.15, 0.2) is 24.3 Å². The van der Waals surface area contributed by atoms with Crippen LogP contribution in [0.25, 0.3) is 11.0 Å². The summed E-state index contributed by atoms with van der Waals surface area (Å²) in [5.41, 5.74) is 1.73. The molecule has 5 rings (SSSR count). The highest BCUT2D eigenvalue weighted by atomic mass is 16.5. The van der Waals surface area contributed by atoms with Gasteiger partial charge in [0, 0.05) is 39.3 Å². The maximum atomic E-state index is 14.2. The summed E-state index contributed by atoms with van der Waals surface area (Å²) in [5, 5.41) is 9.89. The summed E-state index contributed by atoms with van der Waals surface area (Å²) in [7, 11) is 0. The van der Waals surface area contributed by atoms with Gasteiger partial charge in [-0.05, 0) is 43.2 Å². The maximum Gasteiger partial charge on any atom is 0.407 e. The van der Waals surface area contributed by atoms with Gasteiger partial charge < -0.3 is 29.1 Å². The lowest BCUT2D eigenvalue weighted by Crippen LogP contribution is -2.58. The molecule has 2 aliphatic heterocycles. The molecule has 2 saturated heterocycles. The number of carboxylic acid groups (broad SMARTS) is 1. The Morgan fingerprint density at radius 3 is 2.51 bits per heavy atom. The second-order valence-corrected chi connectivity index (χ2v) is 11.0. The Morgan fingerprint density at radius 2 is 1.84 bits per heavy atom. The minimum Gasteiger partial charge on any atom is -0.465 e. The molecule has 3 amide bonds. The number of fused-ring (bicyclic) bond motifs is 1. The van der Waals surface area contributed by atoms with Crippen LogP contribution in [0.5, 0.6) is 0 Å². The number of para-hydroxylation sites is 2. The molecular formula is C27H37N5O5. The number of carbonyl (C=O) groups excluding carboxylic acids is 2. The van der Waals surface area contributed by atoms with Gasteiger partial charge >= 0.3 is 6.09 Å². The molecule has 1 saturated carbocycles. The lowest BCUT2D eigenvalue weighted by molar-refractivity contribution is -0.142. The molecule has 2 aromatic rings. The molecule has 200 valence electrons. The van der Waals surface area contributed by atoms with Gasteiger partial charge in [-0.3, -0.25) is 9.59 Å². The van der Waals surface area contributed by atoms with Crippen LogP contribution in [0.4, 0.5) is 4.79 Å². The molecule has 1 aromatic carbocycles. The Balaban J connectivity index is 1.46. The Morgan fingerprint density at radius 1 is 1.11 bits per heavy atom. The van der Waals surface area contributed by atoms with E-state index in [2.05, 4.69) is 0 Å². The quantitative estimate of drug-likeness (QED) is 0.613. The van der Waals surface area contributed by atoms with Crippen LogP contribution >= 0.6 is 0 Å². The largest absolute Gasteiger partial charge is 0.465 e. The van der Waals surface area contributed by atoms with Gasteiger partial charge in [-0.2, -0.15) is 0 Å². The van der Waals surface area contributed by atoms with E-state index in [0.717, 1.165) is 30.4 Å². The van der Waals surface area contributed by atoms with Crippen molar-refractivity contribution in [2.45, 2.75) is 45.7 Å². The van der Waals surface area contributed by atoms with Gasteiger partial charge in [0.25, 0.3) is 5.91 Å². The number of hydrogen-bond donors (Lipinski definition) is 1. The van der Waals surface area contributed by atoms with Crippen LogP contribution in [-0.4, -0.2) is 99.2 Å². The number of likely N-dealkylation sites (tertiary alicyclic amines) is 1. The number of rotatable bonds is 7. The van der Waals surface area contributed by atoms with E-state index >= 15 is 0 Å². The minimum absolute atomic E-state index is 0.0582. The van der Waals surface area contributed by atoms with Gasteiger partial charge in [0.05, 0.1) is 36.2 Å². The van der Waals surface area contributed by atoms with E-state index in [4.69, 9.17) is 9.72 Å². The van der Waals surface area contributed by atoms with E-state index in [1.807, 2.05) is 42.7 Å². The van der Waals surface area contributed by atoms with Crippen LogP contribution in [-0.2, 0) is 16.1 Å². The number of piperidine rings is 1. The van der Waals surface area contributed by atoms with Crippen molar-refractivity contribution in [2.75, 3.05) is 45.9 Å². The van der Waals surface area contributed by atoms with Crippen LogP contribution in [0.1, 0.15) is 43.7 Å². The zero-order chi connectivity index (χ0) is 26.1. The number of ether oxygens (including phenoxy) is 1. The molecule has 37 heavy (non-hydrogen) atoms. The highest BCUT2D eigenvalue weighted by molar-refractivity contribution is 5.95. The number of aromatic nitrogens is 2. The third-order valence-corrected chi connectivity index (χ3v) is 7.62. The number of imidazole rings is 1. The van der Waals surface area contributed by atoms with E-state index in [1.165, 1.54) is 4.90 Å². The summed E-state index contributed by atoms with van der Waals surface area (Å²) in [6, 6.07) is 7.39. The molecule has 1 aliphatic carbocycles. The van der Waals surface area contributed by atoms with Gasteiger partial charge in [-0.25, -0.2) is 9.78 Å². The van der Waals surface area contributed by atoms with E-state index in [9.17, 15) is 19.5 Å². The topological polar surface area (TPSA) is 108 Å². The molecule has 3 fully saturated rings. The van der Waals surface area contributed by atoms with Crippen LogP contribution < -0.4 is 0 Å². The predicted molar refractivity (Wildman–Crippen MR) is 137 cm³/mol. The molecule has 3 aliphatic rings. The first-order valence-electron chi connectivity index (χ1n) is 13.4. The highest BCUT2D eigenvalue weighted by Crippen LogP contribution is 2.33. The van der Waals surface area contributed by atoms with Gasteiger partial charge in [-0.1, -0.05) is 26.0 Å². The number of nitrogens with zero attached hydrogens (tertiary/aromatic N) is 5. The van der Waals surface area contributed by atoms with Gasteiger partial charge in [0.2, 0.25) is 5.91 Å². The Bertz CT molecular complexity index is 1150. The molecule has 0 radical (unpaired) electrons. The second-order valence-electron chi connectivity index (χ2n) is 11.0. The van der Waals surface area contributed by atoms with Gasteiger partial charge in [0.1, 0.15) is 0 Å². The number of amides is 3. The molecule has 1 aromatic heterocycles. The lowest BCUT2D eigenvalue weighted by Gasteiger charge is -2.43. The van der Waals surface area contributed by atoms with Crippen molar-refractivity contribution in [3.8, 4) is 0 Å². The predicted octanol–water partition coefficient (Wildman–Crippen LogP) is 2.77. The fourth-order valence-electron chi connectivity index (χ4n) is 5.58. The molecule has 3 heterocycles. The van der Waals surface area contributed by atoms with Gasteiger partial charge in [0.15, 0.2) is 5.82 Å². The minimum atomic E-state index is -1.07. The van der Waals surface area contributed by atoms with Crippen LogP contribution in [0.3, 0.4) is 0 Å². The Hall–Kier alpha value is -3.14. The molecule has 0 unspecified atom stereocenters. The average molecular weight is 512 g/mol. The second kappa shape index (κ2) is 10.7. The normalized spacial score (nSPS) is 22.5. The Labute approximate surface area is 217 Å². The molecular weight excluding hydrogens is 474 g/mol. The summed E-state index contributed by atoms with van der Waals surface area (Å²) in [5.74, 6) is 0.365. The molecule has 2 atom stereocenters. The zero-order valence-corrected chi connectivity index (χ0v) is 21.7. The highest BCUT2D eigenvalue weighted by Gasteiger charge is 2.41. The molecule has 10 nitrogen and oxygen atoms in total. The van der Waals surface area contributed by atoms with Crippen molar-refractivity contribution in [2.24, 2.45) is 17.8 Å². The van der Waals surface area contributed by atoms with E-state index in [0.29, 0.717) is 51.0 Å². The van der Waals surface area contributed by atoms with Crippen molar-refractivity contribution in [3.63, 3.8) is 0 Å². The SMILES string of the molecule is CC(C)CN(C(=O)c1nc2ccccc2n1CC1CC1)[C@H]1C[C@@H](C(=O)N2CCOCC2)CN(C(=O)O)C1. The summed E-state index contributed by atoms with van der Waals surface area (Å²) in [6.07, 6.45) is 1.66. The first kappa shape index (κ1) is 25.5. The van der Waals surface area contributed by atoms with Crippen molar-refractivity contribution >= 4 is 28.9 Å². The summed E-state index contributed by atoms with van der Waals surface area (Å²) in [6.45, 7) is 7.61. The third-order valence-electron chi connectivity index (χ3n) is 7.62. The van der Waals surface area contributed by atoms with E-state index in [-0.39, 0.29) is 30.8 Å². The van der Waals surface area contributed by atoms with Crippen molar-refractivity contribution in [1.82, 2.24) is 24.3 Å². The summed E-state index contributed by atoms with van der Waals surface area (Å²) >= 11 is 0. The Kier molecular flexibility index (Phi) is 7.37. The van der Waals surface area contributed by atoms with Crippen LogP contribution in [0.2, 0.25) is 0 Å². The smallest absolute Gasteiger partial charge is 0.407 e. The molecule has 10 heteroatoms. The van der Waals surface area contributed by atoms with Crippen molar-refractivity contribution in [1.29, 1.82) is 0 Å². The average Bonchev–Trinajstić information content (AvgIpc) is 3.65. The monoisotopic (exact) mass is 511 g/mol. The molecule has 1 N–H and O–H groups in total. The summed E-state index contributed by atoms with van der Waals surface area (Å²) in [4.78, 5) is 49.3. The van der Waals surface area contributed by atoms with Crippen LogP contribution in [0, 0.1) is 17.8 Å². The first-order chi connectivity index (χ1) is 17.8. The molecule has 0 spiro atoms. The maximum absolute atomic E-state index is 14.2. The zero-order valence-electron chi connectivity index (χ0n) is 21.7. The van der Waals surface area contributed by atoms with Crippen molar-refractivity contribution in [3.05, 3.63) is 30.1 Å². The fourth-order valence-corrected chi connectivity index (χ4v) is 5.58. The van der Waals surface area contributed by atoms with Crippen molar-refractivity contribution < 1.29 is 24.2 Å². The molecule has 0 bridgehead atoms. The number of carbonyl (C=O) groups is 3. The lowest BCUT2D eigenvalue weighted by atomic mass is 9.91. The third kappa shape index (κ3) is 5.58. The van der Waals surface area contributed by atoms with E-state index in [1.54, 1.807) is 9.80 Å². The number of benzene rings is 1.